The van der Waals surface area contributed by atoms with Crippen LogP contribution in [0.4, 0.5) is 29.4 Å². The van der Waals surface area contributed by atoms with Gasteiger partial charge >= 0.3 is 44.8 Å². The van der Waals surface area contributed by atoms with Gasteiger partial charge in [-0.2, -0.15) is 18.6 Å². The highest BCUT2D eigenvalue weighted by Gasteiger charge is 2.57. The highest BCUT2D eigenvalue weighted by atomic mass is 31.3. The van der Waals surface area contributed by atoms with Crippen molar-refractivity contribution < 1.29 is 146 Å². The van der Waals surface area contributed by atoms with Crippen molar-refractivity contribution in [2.75, 3.05) is 70.4 Å². The number of nitrogens with two attached hydrogens (primary N) is 4. The Labute approximate surface area is 640 Å². The maximum atomic E-state index is 14.6. The molecule has 10 unspecified atom stereocenters. The number of nitro groups is 1. The van der Waals surface area contributed by atoms with Crippen molar-refractivity contribution >= 4 is 113 Å². The van der Waals surface area contributed by atoms with Crippen molar-refractivity contribution in [3.8, 4) is 0 Å². The summed E-state index contributed by atoms with van der Waals surface area (Å²) in [6, 6.07) is 5.72. The minimum atomic E-state index is -6.43. The number of hydrogen-bond donors (Lipinski definition) is 15. The van der Waals surface area contributed by atoms with Gasteiger partial charge in [0.25, 0.3) is 28.3 Å². The number of nitro benzene ring substituents is 1. The lowest BCUT2D eigenvalue weighted by Gasteiger charge is -2.31. The largest absolute Gasteiger partial charge is 0.490 e. The molecule has 0 radical (unpaired) electrons. The summed E-state index contributed by atoms with van der Waals surface area (Å²) in [5.41, 5.74) is 18.8. The summed E-state index contributed by atoms with van der Waals surface area (Å²) < 4.78 is 164. The number of benzene rings is 1. The maximum absolute atomic E-state index is 14.6. The Morgan fingerprint density at radius 3 is 1.58 bits per heavy atom. The third kappa shape index (κ3) is 17.6. The molecule has 9 aromatic rings. The topological polar surface area (TPSA) is 767 Å². The summed E-state index contributed by atoms with van der Waals surface area (Å²) in [6.45, 7) is -0.520. The molecule has 4 aliphatic heterocycles. The minimum Gasteiger partial charge on any atom is -0.387 e. The second kappa shape index (κ2) is 32.5. The van der Waals surface area contributed by atoms with Crippen LogP contribution >= 0.6 is 39.1 Å². The number of methoxy groups -OCH3 is 2. The number of anilines is 4. The zero-order chi connectivity index (χ0) is 83.1. The predicted octanol–water partition coefficient (Wildman–Crippen LogP) is -1.89. The Morgan fingerprint density at radius 2 is 1.05 bits per heavy atom. The van der Waals surface area contributed by atoms with Gasteiger partial charge in [0.05, 0.1) is 69.0 Å². The number of nitrogens with one attached hydrogen (secondary N) is 3. The molecular weight excluding hydrogens is 1650 g/mol. The first-order valence-electron chi connectivity index (χ1n) is 33.4. The van der Waals surface area contributed by atoms with Crippen molar-refractivity contribution in [1.82, 2.24) is 73.1 Å². The second-order valence-electron chi connectivity index (χ2n) is 26.8. The lowest BCUT2D eigenvalue weighted by atomic mass is 9.84. The molecule has 4 saturated heterocycles. The Hall–Kier alpha value is -8.39. The van der Waals surface area contributed by atoms with E-state index in [1.807, 2.05) is 0 Å². The molecule has 0 amide bonds. The monoisotopic (exact) mass is 1730 g/mol. The van der Waals surface area contributed by atoms with Crippen molar-refractivity contribution in [2.24, 2.45) is 12.5 Å². The van der Waals surface area contributed by atoms with Crippen LogP contribution in [0, 0.1) is 15.5 Å². The zero-order valence-corrected chi connectivity index (χ0v) is 64.5. The number of phosphoric acid groups is 5. The molecular formula is C55H73N21O34P5+. The van der Waals surface area contributed by atoms with Crippen molar-refractivity contribution in [3.05, 3.63) is 103 Å². The van der Waals surface area contributed by atoms with E-state index in [1.165, 1.54) is 40.7 Å². The van der Waals surface area contributed by atoms with Crippen LogP contribution in [0.1, 0.15) is 57.4 Å². The van der Waals surface area contributed by atoms with E-state index in [2.05, 4.69) is 63.4 Å². The SMILES string of the molecule is CO[C@H]1C(OP(=O)(O)OC[C@H]2O[C@@H](n3cnc4c(=O)[nH]c(N)nc43)[C@@H](OC)C2OP(=O)(O)OC[C@H]2O[C@@H](n3cnc4c(=O)[nH]c(N)nc43)[C@@H](O)C2O)[C@@H](COP(=O)(O)OP(=O)(O)OP(=O)(O)OC[C@H]2O[C@@H]([n+]3cn(C)c4c(=O)[nH]c(N)nc43)C(OCOC(c3ccccc3[N+](=O)[O-])C(C)(C)C)[C@H]2O)O[C@H]1n1cnc2c(N)ncnc21. The third-order valence-corrected chi connectivity index (χ3v) is 24.4. The first-order chi connectivity index (χ1) is 54.1. The summed E-state index contributed by atoms with van der Waals surface area (Å²) in [5.74, 6) is -1.31. The number of ether oxygens (including phenoxy) is 8. The van der Waals surface area contributed by atoms with Gasteiger partial charge in [-0.1, -0.05) is 37.9 Å². The van der Waals surface area contributed by atoms with E-state index in [1.54, 1.807) is 26.8 Å². The second-order valence-corrected chi connectivity index (χ2v) is 34.3. The van der Waals surface area contributed by atoms with Crippen LogP contribution in [0.2, 0.25) is 0 Å². The number of fused-ring (bicyclic) bond motifs is 4. The molecule has 60 heteroatoms. The number of para-hydroxylation sites is 1. The minimum absolute atomic E-state index is 0.0376. The van der Waals surface area contributed by atoms with Gasteiger partial charge in [-0.25, -0.2) is 52.3 Å². The number of aromatic nitrogens is 16. The Balaban J connectivity index is 0.704. The summed E-state index contributed by atoms with van der Waals surface area (Å²) in [6.07, 6.45) is -24.1. The van der Waals surface area contributed by atoms with Crippen LogP contribution in [0.25, 0.3) is 44.7 Å². The van der Waals surface area contributed by atoms with Crippen LogP contribution < -0.4 is 44.2 Å². The highest BCUT2D eigenvalue weighted by molar-refractivity contribution is 7.66. The van der Waals surface area contributed by atoms with Gasteiger partial charge in [0.1, 0.15) is 91.9 Å². The quantitative estimate of drug-likeness (QED) is 0.00721. The van der Waals surface area contributed by atoms with Gasteiger partial charge in [0.2, 0.25) is 23.6 Å². The molecule has 1 aromatic carbocycles. The Morgan fingerprint density at radius 1 is 0.583 bits per heavy atom. The molecule has 115 heavy (non-hydrogen) atoms. The molecule has 0 saturated carbocycles. The van der Waals surface area contributed by atoms with Crippen molar-refractivity contribution in [1.29, 1.82) is 0 Å². The maximum Gasteiger partial charge on any atom is 0.490 e. The fourth-order valence-electron chi connectivity index (χ4n) is 13.2. The predicted molar refractivity (Wildman–Crippen MR) is 377 cm³/mol. The number of phosphoric ester groups is 4. The molecule has 22 atom stereocenters. The standard InChI is InChI=1S/C55H72N21O34P5/c1-55(2,3)39(21-9-7-8-10-22(21)76(83)84)98-20-97-36-32(78)24(104-49(36)75-19-71(4)30-44(75)67-54(59)70-47(30)82)12-101-113(89,90)109-115(93,94)110-114(91,92)102-14-26-35(37(95-5)50(105-26)72-16-62-27-40(56)60-15-61-41(27)72)108-112(87,88)100-13-25-34(38(96-6)51(106-25)74-18-64-29-43(74)66-53(58)69-46(29)81)107-111(85,86)99-11-23-31(77)33(79)48(103-23)73-17-63-28-42(73)65-52(57)68-45(28)80/h7-10,15-19,23-26,31-39,48-51,77-79H,11-14,20H2,1-6H3,(H15-,56,57,58,59,60,61,65,66,67,68,69,70,80,81,82,85,86,87,88,89,90,91,92,93,94)/p+1/t23-,24-,25-,26-,31?,32+,33+,34?,35?,36?,37+,38+,39?,48-,49-,50-,51-/m1/s1. The van der Waals surface area contributed by atoms with Gasteiger partial charge in [-0.3, -0.25) is 84.9 Å². The zero-order valence-electron chi connectivity index (χ0n) is 60.0. The fourth-order valence-corrected chi connectivity index (χ4v) is 18.7. The fraction of sp³-hybridized carbons (Fsp3) is 0.527. The van der Waals surface area contributed by atoms with Gasteiger partial charge in [0, 0.05) is 20.3 Å². The van der Waals surface area contributed by atoms with Gasteiger partial charge < -0.3 is 101 Å². The van der Waals surface area contributed by atoms with E-state index in [0.29, 0.717) is 0 Å². The third-order valence-electron chi connectivity index (χ3n) is 18.2. The molecule has 55 nitrogen and oxygen atoms in total. The van der Waals surface area contributed by atoms with E-state index >= 15 is 0 Å². The van der Waals surface area contributed by atoms with Crippen molar-refractivity contribution in [3.63, 3.8) is 0 Å². The summed E-state index contributed by atoms with van der Waals surface area (Å²) >= 11 is 0. The van der Waals surface area contributed by atoms with E-state index in [-0.39, 0.29) is 73.6 Å². The van der Waals surface area contributed by atoms with Gasteiger partial charge in [-0.05, 0) is 11.5 Å². The summed E-state index contributed by atoms with van der Waals surface area (Å²) in [4.78, 5) is 145. The summed E-state index contributed by atoms with van der Waals surface area (Å²) in [7, 11) is -26.6. The molecule has 4 aliphatic rings. The number of H-pyrrole nitrogens is 3. The molecule has 0 spiro atoms. The van der Waals surface area contributed by atoms with Gasteiger partial charge in [-0.15, -0.1) is 0 Å². The molecule has 19 N–H and O–H groups in total. The number of rotatable bonds is 32. The van der Waals surface area contributed by atoms with Gasteiger partial charge in [0.15, 0.2) is 58.8 Å². The normalized spacial score (nSPS) is 28.3. The highest BCUT2D eigenvalue weighted by Crippen LogP contribution is 2.68. The molecule has 12 heterocycles. The van der Waals surface area contributed by atoms with Crippen LogP contribution in [-0.2, 0) is 104 Å². The van der Waals surface area contributed by atoms with E-state index in [0.717, 1.165) is 53.2 Å². The Kier molecular flexibility index (Phi) is 23.9. The van der Waals surface area contributed by atoms with Crippen molar-refractivity contribution in [2.45, 2.75) is 125 Å². The molecule has 13 rings (SSSR count). The molecule has 0 aliphatic carbocycles. The van der Waals surface area contributed by atoms with Crippen LogP contribution in [0.15, 0.2) is 70.3 Å². The molecule has 4 fully saturated rings. The molecule has 8 aromatic heterocycles. The Bertz CT molecular complexity index is 5610. The first kappa shape index (κ1) is 84.5. The van der Waals surface area contributed by atoms with Crippen LogP contribution in [0.5, 0.6) is 0 Å². The van der Waals surface area contributed by atoms with E-state index < -0.39 is 210 Å². The van der Waals surface area contributed by atoms with Crippen LogP contribution in [-0.4, -0.2) is 238 Å². The molecule has 0 bridgehead atoms. The van der Waals surface area contributed by atoms with Crippen LogP contribution in [0.3, 0.4) is 0 Å². The average Bonchev–Trinajstić information content (AvgIpc) is 1.61. The number of aliphatic hydroxyl groups is 3. The summed E-state index contributed by atoms with van der Waals surface area (Å²) in [5, 5.41) is 46.1. The number of imidazole rings is 4. The number of aryl methyl sites for hydroxylation is 1. The van der Waals surface area contributed by atoms with E-state index in [4.69, 9.17) is 88.0 Å². The number of aliphatic hydroxyl groups excluding tert-OH is 3. The molecule has 626 valence electrons. The number of hydrogen-bond acceptors (Lipinski definition) is 41. The smallest absolute Gasteiger partial charge is 0.387 e. The van der Waals surface area contributed by atoms with E-state index in [9.17, 15) is 87.1 Å². The number of aromatic amines is 3. The average molecular weight is 1730 g/mol. The number of nitrogen functional groups attached to an aromatic ring is 4. The lowest BCUT2D eigenvalue weighted by Crippen LogP contribution is -2.47. The lowest BCUT2D eigenvalue weighted by molar-refractivity contribution is -0.746. The first-order valence-corrected chi connectivity index (χ1v) is 40.9. The number of nitrogens with zero attached hydrogens (tertiary/aromatic N) is 14.